The first-order chi connectivity index (χ1) is 10.1. The minimum absolute atomic E-state index is 0.0176. The third-order valence-corrected chi connectivity index (χ3v) is 2.67. The molecule has 0 fully saturated rings. The maximum atomic E-state index is 11.7. The van der Waals surface area contributed by atoms with Gasteiger partial charge in [0, 0.05) is 11.3 Å². The topological polar surface area (TPSA) is 79.7 Å². The van der Waals surface area contributed by atoms with Gasteiger partial charge in [-0.3, -0.25) is 15.0 Å². The number of hydrogen-bond donors (Lipinski definition) is 1. The average molecular weight is 292 g/mol. The predicted octanol–water partition coefficient (Wildman–Crippen LogP) is 1.88. The molecular weight excluding hydrogens is 272 g/mol. The van der Waals surface area contributed by atoms with Crippen molar-refractivity contribution in [1.29, 1.82) is 5.41 Å². The Kier molecular flexibility index (Phi) is 6.94. The molecule has 0 aromatic heterocycles. The molecular formula is C15H20N2O4. The number of rotatable bonds is 8. The van der Waals surface area contributed by atoms with Gasteiger partial charge < -0.3 is 14.4 Å². The Labute approximate surface area is 124 Å². The lowest BCUT2D eigenvalue weighted by Gasteiger charge is -2.23. The molecule has 0 radical (unpaired) electrons. The minimum atomic E-state index is -0.374. The summed E-state index contributed by atoms with van der Waals surface area (Å²) in [6.45, 7) is 4.42. The molecule has 0 aliphatic carbocycles. The first kappa shape index (κ1) is 16.7. The zero-order chi connectivity index (χ0) is 15.7. The van der Waals surface area contributed by atoms with Crippen molar-refractivity contribution in [2.45, 2.75) is 13.8 Å². The second kappa shape index (κ2) is 8.73. The fraction of sp³-hybridized carbons (Fsp3) is 0.400. The van der Waals surface area contributed by atoms with Gasteiger partial charge >= 0.3 is 5.97 Å². The molecule has 114 valence electrons. The Morgan fingerprint density at radius 1 is 1.14 bits per heavy atom. The van der Waals surface area contributed by atoms with E-state index >= 15 is 0 Å². The Bertz CT molecular complexity index is 465. The van der Waals surface area contributed by atoms with Crippen LogP contribution < -0.4 is 4.90 Å². The Morgan fingerprint density at radius 2 is 1.76 bits per heavy atom. The molecule has 1 N–H and O–H groups in total. The molecule has 0 atom stereocenters. The van der Waals surface area contributed by atoms with Gasteiger partial charge in [-0.1, -0.05) is 0 Å². The third kappa shape index (κ3) is 5.64. The van der Waals surface area contributed by atoms with E-state index in [-0.39, 0.29) is 25.0 Å². The van der Waals surface area contributed by atoms with E-state index in [1.54, 1.807) is 43.0 Å². The Hall–Kier alpha value is -2.37. The molecule has 0 unspecified atom stereocenters. The van der Waals surface area contributed by atoms with Crippen molar-refractivity contribution in [2.24, 2.45) is 0 Å². The maximum absolute atomic E-state index is 11.7. The number of hydrogen-bond acceptors (Lipinski definition) is 6. The molecule has 1 aromatic carbocycles. The number of carbonyl (C=O) groups is 2. The summed E-state index contributed by atoms with van der Waals surface area (Å²) in [5, 5.41) is 7.72. The Balaban J connectivity index is 2.85. The van der Waals surface area contributed by atoms with Crippen LogP contribution in [0.5, 0.6) is 0 Å². The summed E-state index contributed by atoms with van der Waals surface area (Å²) < 4.78 is 10.0. The van der Waals surface area contributed by atoms with Crippen molar-refractivity contribution in [3.63, 3.8) is 0 Å². The number of esters is 1. The van der Waals surface area contributed by atoms with Gasteiger partial charge in [0.25, 0.3) is 0 Å². The standard InChI is InChI=1S/C15H20N2O4/c1-3-20-14(16)9-17(10-15(19)21-4-2)13-7-5-12(11-18)6-8-13/h5-8,11,16H,3-4,9-10H2,1-2H3. The van der Waals surface area contributed by atoms with Crippen LogP contribution in [0.25, 0.3) is 0 Å². The van der Waals surface area contributed by atoms with Crippen LogP contribution in [0.2, 0.25) is 0 Å². The number of nitrogens with zero attached hydrogens (tertiary/aromatic N) is 1. The van der Waals surface area contributed by atoms with E-state index in [1.807, 2.05) is 0 Å². The van der Waals surface area contributed by atoms with Gasteiger partial charge in [-0.25, -0.2) is 0 Å². The van der Waals surface area contributed by atoms with Crippen LogP contribution in [0, 0.1) is 5.41 Å². The number of benzene rings is 1. The molecule has 6 heteroatoms. The van der Waals surface area contributed by atoms with Crippen LogP contribution in [0.15, 0.2) is 24.3 Å². The molecule has 0 spiro atoms. The summed E-state index contributed by atoms with van der Waals surface area (Å²) in [6, 6.07) is 6.76. The minimum Gasteiger partial charge on any atom is -0.480 e. The molecule has 21 heavy (non-hydrogen) atoms. The Morgan fingerprint density at radius 3 is 2.29 bits per heavy atom. The van der Waals surface area contributed by atoms with E-state index in [9.17, 15) is 9.59 Å². The fourth-order valence-electron chi connectivity index (χ4n) is 1.76. The van der Waals surface area contributed by atoms with E-state index in [2.05, 4.69) is 0 Å². The average Bonchev–Trinajstić information content (AvgIpc) is 2.47. The molecule has 0 bridgehead atoms. The SMILES string of the molecule is CCOC(=N)CN(CC(=O)OCC)c1ccc(C=O)cc1. The monoisotopic (exact) mass is 292 g/mol. The molecule has 0 amide bonds. The summed E-state index contributed by atoms with van der Waals surface area (Å²) in [5.74, 6) is -0.303. The van der Waals surface area contributed by atoms with E-state index in [0.717, 1.165) is 12.0 Å². The number of anilines is 1. The van der Waals surface area contributed by atoms with Gasteiger partial charge in [0.15, 0.2) is 0 Å². The van der Waals surface area contributed by atoms with E-state index < -0.39 is 0 Å². The third-order valence-electron chi connectivity index (χ3n) is 2.67. The molecule has 0 aliphatic rings. The zero-order valence-electron chi connectivity index (χ0n) is 12.3. The highest BCUT2D eigenvalue weighted by molar-refractivity contribution is 5.83. The smallest absolute Gasteiger partial charge is 0.325 e. The van der Waals surface area contributed by atoms with Crippen LogP contribution >= 0.6 is 0 Å². The molecule has 0 heterocycles. The van der Waals surface area contributed by atoms with Crippen molar-refractivity contribution in [3.8, 4) is 0 Å². The molecule has 1 aromatic rings. The first-order valence-corrected chi connectivity index (χ1v) is 6.76. The highest BCUT2D eigenvalue weighted by atomic mass is 16.5. The predicted molar refractivity (Wildman–Crippen MR) is 80.0 cm³/mol. The first-order valence-electron chi connectivity index (χ1n) is 6.76. The molecule has 0 aliphatic heterocycles. The van der Waals surface area contributed by atoms with Crippen molar-refractivity contribution >= 4 is 23.8 Å². The fourth-order valence-corrected chi connectivity index (χ4v) is 1.76. The summed E-state index contributed by atoms with van der Waals surface area (Å²) in [5.41, 5.74) is 1.27. The van der Waals surface area contributed by atoms with Crippen molar-refractivity contribution in [1.82, 2.24) is 0 Å². The highest BCUT2D eigenvalue weighted by Gasteiger charge is 2.15. The van der Waals surface area contributed by atoms with Gasteiger partial charge in [0.2, 0.25) is 5.90 Å². The van der Waals surface area contributed by atoms with Gasteiger partial charge in [-0.05, 0) is 38.1 Å². The van der Waals surface area contributed by atoms with Gasteiger partial charge in [0.05, 0.1) is 19.8 Å². The second-order valence-electron chi connectivity index (χ2n) is 4.23. The molecule has 6 nitrogen and oxygen atoms in total. The van der Waals surface area contributed by atoms with Crippen molar-refractivity contribution in [2.75, 3.05) is 31.2 Å². The van der Waals surface area contributed by atoms with E-state index in [0.29, 0.717) is 18.8 Å². The van der Waals surface area contributed by atoms with E-state index in [4.69, 9.17) is 14.9 Å². The van der Waals surface area contributed by atoms with Crippen LogP contribution in [0.4, 0.5) is 5.69 Å². The van der Waals surface area contributed by atoms with Gasteiger partial charge in [-0.15, -0.1) is 0 Å². The highest BCUT2D eigenvalue weighted by Crippen LogP contribution is 2.15. The van der Waals surface area contributed by atoms with Crippen molar-refractivity contribution < 1.29 is 19.1 Å². The molecule has 0 saturated carbocycles. The molecule has 0 saturated heterocycles. The summed E-state index contributed by atoms with van der Waals surface area (Å²) >= 11 is 0. The van der Waals surface area contributed by atoms with Crippen LogP contribution in [0.3, 0.4) is 0 Å². The zero-order valence-corrected chi connectivity index (χ0v) is 12.3. The second-order valence-corrected chi connectivity index (χ2v) is 4.23. The lowest BCUT2D eigenvalue weighted by molar-refractivity contribution is -0.141. The summed E-state index contributed by atoms with van der Waals surface area (Å²) in [7, 11) is 0. The van der Waals surface area contributed by atoms with Crippen LogP contribution in [-0.4, -0.2) is 44.5 Å². The number of nitrogens with one attached hydrogen (secondary N) is 1. The van der Waals surface area contributed by atoms with Crippen molar-refractivity contribution in [3.05, 3.63) is 29.8 Å². The number of aldehydes is 1. The molecule has 1 rings (SSSR count). The van der Waals surface area contributed by atoms with Crippen LogP contribution in [0.1, 0.15) is 24.2 Å². The normalized spacial score (nSPS) is 9.81. The summed E-state index contributed by atoms with van der Waals surface area (Å²) in [6.07, 6.45) is 0.752. The number of ether oxygens (including phenoxy) is 2. The largest absolute Gasteiger partial charge is 0.480 e. The number of carbonyl (C=O) groups excluding carboxylic acids is 2. The van der Waals surface area contributed by atoms with Gasteiger partial charge in [0.1, 0.15) is 12.8 Å². The summed E-state index contributed by atoms with van der Waals surface area (Å²) in [4.78, 5) is 24.0. The lowest BCUT2D eigenvalue weighted by atomic mass is 10.2. The lowest BCUT2D eigenvalue weighted by Crippen LogP contribution is -2.36. The van der Waals surface area contributed by atoms with Crippen LogP contribution in [-0.2, 0) is 14.3 Å². The van der Waals surface area contributed by atoms with E-state index in [1.165, 1.54) is 0 Å². The maximum Gasteiger partial charge on any atom is 0.325 e. The quantitative estimate of drug-likeness (QED) is 0.342. The van der Waals surface area contributed by atoms with Gasteiger partial charge in [-0.2, -0.15) is 0 Å².